The van der Waals surface area contributed by atoms with Crippen LogP contribution in [-0.4, -0.2) is 53.4 Å². The molecule has 35 heavy (non-hydrogen) atoms. The highest BCUT2D eigenvalue weighted by molar-refractivity contribution is 9.10. The fourth-order valence-electron chi connectivity index (χ4n) is 6.03. The van der Waals surface area contributed by atoms with Crippen LogP contribution in [0, 0.1) is 12.3 Å². The summed E-state index contributed by atoms with van der Waals surface area (Å²) in [5.41, 5.74) is 3.32. The minimum Gasteiger partial charge on any atom is -0.357 e. The van der Waals surface area contributed by atoms with Gasteiger partial charge in [0.1, 0.15) is 16.7 Å². The first-order valence-electron chi connectivity index (χ1n) is 11.4. The van der Waals surface area contributed by atoms with Crippen molar-refractivity contribution in [2.75, 3.05) is 6.54 Å². The lowest BCUT2D eigenvalue weighted by Crippen LogP contribution is -2.50. The Bertz CT molecular complexity index is 1570. The third-order valence-corrected chi connectivity index (χ3v) is 10.2. The molecule has 1 unspecified atom stereocenters. The molecule has 4 atom stereocenters. The minimum absolute atomic E-state index is 0.0835. The average molecular weight is 554 g/mol. The predicted octanol–water partition coefficient (Wildman–Crippen LogP) is 2.44. The summed E-state index contributed by atoms with van der Waals surface area (Å²) in [4.78, 5) is 30.8. The van der Waals surface area contributed by atoms with Crippen LogP contribution in [0.3, 0.4) is 0 Å². The Labute approximate surface area is 209 Å². The van der Waals surface area contributed by atoms with Crippen molar-refractivity contribution >= 4 is 43.2 Å². The van der Waals surface area contributed by atoms with Gasteiger partial charge in [-0.1, -0.05) is 39.7 Å². The topological polar surface area (TPSA) is 107 Å². The normalized spacial score (nSPS) is 30.5. The third kappa shape index (κ3) is 2.65. The van der Waals surface area contributed by atoms with Crippen LogP contribution in [0.1, 0.15) is 33.6 Å². The maximum absolute atomic E-state index is 14.0. The number of nitrogens with one attached hydrogen (secondary N) is 1. The molecule has 0 amide bonds. The lowest BCUT2D eigenvalue weighted by atomic mass is 9.63. The lowest BCUT2D eigenvalue weighted by molar-refractivity contribution is -0.117. The molecule has 2 aliphatic carbocycles. The second-order valence-corrected chi connectivity index (χ2v) is 12.4. The number of rotatable bonds is 2. The van der Waals surface area contributed by atoms with Crippen molar-refractivity contribution in [3.8, 4) is 0 Å². The van der Waals surface area contributed by atoms with Gasteiger partial charge in [0.25, 0.3) is 10.0 Å². The number of hydrogen-bond acceptors (Lipinski definition) is 7. The van der Waals surface area contributed by atoms with Gasteiger partial charge in [-0.3, -0.25) is 14.6 Å². The number of halogens is 1. The van der Waals surface area contributed by atoms with Gasteiger partial charge < -0.3 is 10.1 Å². The number of benzene rings is 1. The maximum Gasteiger partial charge on any atom is 0.268 e. The van der Waals surface area contributed by atoms with Gasteiger partial charge in [-0.05, 0) is 37.1 Å². The van der Waals surface area contributed by atoms with Crippen molar-refractivity contribution in [2.24, 2.45) is 10.4 Å². The summed E-state index contributed by atoms with van der Waals surface area (Å²) in [6.07, 6.45) is 5.10. The van der Waals surface area contributed by atoms with E-state index in [2.05, 4.69) is 21.2 Å². The van der Waals surface area contributed by atoms with E-state index in [1.807, 2.05) is 13.0 Å². The molecule has 10 heteroatoms. The molecule has 1 fully saturated rings. The molecule has 178 valence electrons. The highest BCUT2D eigenvalue weighted by Crippen LogP contribution is 2.56. The molecule has 8 nitrogen and oxygen atoms in total. The molecule has 1 N–H and O–H groups in total. The number of carbonyl (C=O) groups is 2. The number of aromatic nitrogens is 1. The van der Waals surface area contributed by atoms with E-state index >= 15 is 0 Å². The van der Waals surface area contributed by atoms with Crippen LogP contribution in [-0.2, 0) is 26.0 Å². The van der Waals surface area contributed by atoms with E-state index in [1.165, 1.54) is 0 Å². The molecular weight excluding hydrogens is 534 g/mol. The summed E-state index contributed by atoms with van der Waals surface area (Å²) in [5.74, 6) is -0.484. The number of ether oxygens (including phenoxy) is 1. The Kier molecular flexibility index (Phi) is 4.23. The largest absolute Gasteiger partial charge is 0.357 e. The Morgan fingerprint density at radius 3 is 2.77 bits per heavy atom. The molecule has 2 bridgehead atoms. The summed E-state index contributed by atoms with van der Waals surface area (Å²) in [6.45, 7) is 2.37. The number of allylic oxidation sites excluding steroid dienone is 2. The molecule has 3 aliphatic heterocycles. The van der Waals surface area contributed by atoms with Crippen LogP contribution < -0.4 is 5.32 Å². The Balaban J connectivity index is 1.46. The SMILES string of the molecule is Cc1ccc(S(=O)(=O)n2cc3c4c2C(=O)C2=C(C4=NCC3)[C@]34C=CC(=O)C(Br)[C@H]3O[C@H](C4)N2)cc1. The number of hydrogen-bond donors (Lipinski definition) is 1. The number of aliphatic imine (C=N–C) groups is 1. The Morgan fingerprint density at radius 1 is 1.23 bits per heavy atom. The van der Waals surface area contributed by atoms with Gasteiger partial charge >= 0.3 is 0 Å². The van der Waals surface area contributed by atoms with E-state index in [-0.39, 0.29) is 16.4 Å². The van der Waals surface area contributed by atoms with E-state index in [1.54, 1.807) is 36.5 Å². The second-order valence-electron chi connectivity index (χ2n) is 9.62. The molecule has 0 saturated carbocycles. The van der Waals surface area contributed by atoms with E-state index in [0.717, 1.165) is 15.1 Å². The molecule has 4 heterocycles. The quantitative estimate of drug-likeness (QED) is 0.572. The van der Waals surface area contributed by atoms with E-state index in [9.17, 15) is 18.0 Å². The van der Waals surface area contributed by atoms with Gasteiger partial charge in [-0.2, -0.15) is 0 Å². The van der Waals surface area contributed by atoms with Crippen molar-refractivity contribution < 1.29 is 22.7 Å². The molecule has 2 aromatic rings. The van der Waals surface area contributed by atoms with Gasteiger partial charge in [0.2, 0.25) is 5.78 Å². The zero-order valence-corrected chi connectivity index (χ0v) is 21.0. The summed E-state index contributed by atoms with van der Waals surface area (Å²) in [5, 5.41) is 3.20. The molecule has 1 aromatic carbocycles. The van der Waals surface area contributed by atoms with Crippen molar-refractivity contribution in [3.63, 3.8) is 0 Å². The predicted molar refractivity (Wildman–Crippen MR) is 130 cm³/mol. The fourth-order valence-corrected chi connectivity index (χ4v) is 8.17. The highest BCUT2D eigenvalue weighted by atomic mass is 79.9. The van der Waals surface area contributed by atoms with Crippen LogP contribution in [0.4, 0.5) is 0 Å². The number of ketones is 2. The molecule has 1 aromatic heterocycles. The highest BCUT2D eigenvalue weighted by Gasteiger charge is 2.61. The van der Waals surface area contributed by atoms with Crippen LogP contribution in [0.15, 0.2) is 63.8 Å². The first-order chi connectivity index (χ1) is 16.7. The Morgan fingerprint density at radius 2 is 2.00 bits per heavy atom. The summed E-state index contributed by atoms with van der Waals surface area (Å²) < 4.78 is 34.7. The summed E-state index contributed by atoms with van der Waals surface area (Å²) in [6, 6.07) is 6.59. The molecule has 5 aliphatic rings. The standard InChI is InChI=1S/C25H20BrN3O5S/c1-12-2-4-14(5-3-12)35(32,33)29-11-13-7-9-27-20-17(13)22(29)23(31)21-18(20)25-8-6-15(30)19(26)24(25)34-16(10-25)28-21/h2-6,8,11,16,19,24,28H,7,9-10H2,1H3/t16-,19?,24-,25-/m1/s1. The smallest absolute Gasteiger partial charge is 0.268 e. The average Bonchev–Trinajstić information content (AvgIpc) is 3.38. The van der Waals surface area contributed by atoms with E-state index < -0.39 is 38.4 Å². The van der Waals surface area contributed by atoms with Gasteiger partial charge in [-0.15, -0.1) is 0 Å². The zero-order valence-electron chi connectivity index (χ0n) is 18.6. The van der Waals surface area contributed by atoms with Crippen molar-refractivity contribution in [3.05, 3.63) is 76.3 Å². The van der Waals surface area contributed by atoms with Crippen molar-refractivity contribution in [1.82, 2.24) is 9.29 Å². The van der Waals surface area contributed by atoms with E-state index in [4.69, 9.17) is 9.73 Å². The van der Waals surface area contributed by atoms with Crippen LogP contribution in [0.5, 0.6) is 0 Å². The number of alkyl halides is 1. The van der Waals surface area contributed by atoms with E-state index in [0.29, 0.717) is 41.9 Å². The monoisotopic (exact) mass is 553 g/mol. The van der Waals surface area contributed by atoms with Crippen molar-refractivity contribution in [1.29, 1.82) is 0 Å². The minimum atomic E-state index is -4.01. The van der Waals surface area contributed by atoms with Gasteiger partial charge in [-0.25, -0.2) is 12.4 Å². The number of aryl methyl sites for hydroxylation is 1. The lowest BCUT2D eigenvalue weighted by Gasteiger charge is -2.42. The van der Waals surface area contributed by atoms with Gasteiger partial charge in [0, 0.05) is 30.3 Å². The first-order valence-corrected chi connectivity index (χ1v) is 13.8. The molecule has 0 radical (unpaired) electrons. The zero-order chi connectivity index (χ0) is 24.3. The summed E-state index contributed by atoms with van der Waals surface area (Å²) in [7, 11) is -4.01. The van der Waals surface area contributed by atoms with Crippen LogP contribution in [0.2, 0.25) is 0 Å². The molecule has 1 saturated heterocycles. The summed E-state index contributed by atoms with van der Waals surface area (Å²) >= 11 is 3.50. The number of carbonyl (C=O) groups excluding carboxylic acids is 2. The molecule has 1 spiro atoms. The molecular formula is C25H20BrN3O5S. The van der Waals surface area contributed by atoms with Crippen LogP contribution >= 0.6 is 15.9 Å². The fraction of sp³-hybridized carbons (Fsp3) is 0.320. The van der Waals surface area contributed by atoms with Gasteiger partial charge in [0.05, 0.1) is 27.8 Å². The second kappa shape index (κ2) is 6.89. The third-order valence-electron chi connectivity index (χ3n) is 7.64. The number of fused-ring (bicyclic) bond motifs is 2. The maximum atomic E-state index is 14.0. The Hall–Kier alpha value is -2.82. The first kappa shape index (κ1) is 21.5. The number of nitrogens with zero attached hydrogens (tertiary/aromatic N) is 2. The van der Waals surface area contributed by atoms with Gasteiger partial charge in [0.15, 0.2) is 5.78 Å². The molecule has 7 rings (SSSR count). The van der Waals surface area contributed by atoms with Crippen LogP contribution in [0.25, 0.3) is 0 Å². The van der Waals surface area contributed by atoms with Crippen molar-refractivity contribution in [2.45, 2.75) is 41.8 Å². The number of Topliss-reactive ketones (excluding diaryl/α,β-unsaturated/α-hetero) is 1.